The molecule has 1 aromatic heterocycles. The Balaban J connectivity index is 1.61. The zero-order chi connectivity index (χ0) is 24.4. The van der Waals surface area contributed by atoms with Gasteiger partial charge < -0.3 is 9.47 Å². The van der Waals surface area contributed by atoms with Crippen LogP contribution in [0.1, 0.15) is 23.1 Å². The highest BCUT2D eigenvalue weighted by atomic mass is 32.2. The molecule has 0 bridgehead atoms. The zero-order valence-corrected chi connectivity index (χ0v) is 20.3. The molecule has 0 aliphatic heterocycles. The van der Waals surface area contributed by atoms with Gasteiger partial charge in [0, 0.05) is 11.6 Å². The maximum absolute atomic E-state index is 14.1. The number of rotatable bonds is 8. The number of hydrogen-bond acceptors (Lipinski definition) is 7. The predicted molar refractivity (Wildman–Crippen MR) is 131 cm³/mol. The van der Waals surface area contributed by atoms with E-state index >= 15 is 0 Å². The van der Waals surface area contributed by atoms with Crippen molar-refractivity contribution in [2.75, 3.05) is 18.5 Å². The van der Waals surface area contributed by atoms with Crippen LogP contribution in [0, 0.1) is 0 Å². The third-order valence-electron chi connectivity index (χ3n) is 6.21. The molecule has 0 radical (unpaired) electrons. The second-order valence-corrected chi connectivity index (χ2v) is 10.1. The van der Waals surface area contributed by atoms with Crippen LogP contribution < -0.4 is 13.8 Å². The highest BCUT2D eigenvalue weighted by Gasteiger charge is 2.28. The standard InChI is InChI=1S/C25H25N5O4S/c1-33-24-9-4-3-6-20(24)16-30(21-11-10-18-7-5-8-19(18)14-21)35(31,32)22-12-13-23(25(15-22)34-2)29-17-26-27-28-29/h3-4,6,9-15,17H,5,7-8,16H2,1-2H3. The van der Waals surface area contributed by atoms with E-state index in [1.807, 2.05) is 42.5 Å². The highest BCUT2D eigenvalue weighted by molar-refractivity contribution is 7.92. The third kappa shape index (κ3) is 4.32. The molecule has 0 saturated heterocycles. The minimum absolute atomic E-state index is 0.0987. The van der Waals surface area contributed by atoms with Gasteiger partial charge in [-0.1, -0.05) is 24.3 Å². The average molecular weight is 492 g/mol. The molecule has 180 valence electrons. The summed E-state index contributed by atoms with van der Waals surface area (Å²) >= 11 is 0. The van der Waals surface area contributed by atoms with E-state index in [-0.39, 0.29) is 11.4 Å². The molecule has 5 rings (SSSR count). The Morgan fingerprint density at radius 3 is 2.51 bits per heavy atom. The number of fused-ring (bicyclic) bond motifs is 1. The Labute approximate surface area is 204 Å². The zero-order valence-electron chi connectivity index (χ0n) is 19.5. The van der Waals surface area contributed by atoms with E-state index in [4.69, 9.17) is 9.47 Å². The molecule has 1 aliphatic carbocycles. The molecule has 0 atom stereocenters. The van der Waals surface area contributed by atoms with Crippen LogP contribution in [0.3, 0.4) is 0 Å². The fourth-order valence-corrected chi connectivity index (χ4v) is 5.87. The van der Waals surface area contributed by atoms with Crippen LogP contribution in [0.4, 0.5) is 5.69 Å². The molecule has 35 heavy (non-hydrogen) atoms. The summed E-state index contributed by atoms with van der Waals surface area (Å²) in [7, 11) is -0.918. The van der Waals surface area contributed by atoms with Crippen LogP contribution in [-0.2, 0) is 29.4 Å². The number of ether oxygens (including phenoxy) is 2. The molecule has 0 amide bonds. The normalized spacial score (nSPS) is 12.9. The van der Waals surface area contributed by atoms with E-state index in [2.05, 4.69) is 15.5 Å². The van der Waals surface area contributed by atoms with Crippen LogP contribution in [0.2, 0.25) is 0 Å². The SMILES string of the molecule is COc1ccccc1CN(c1ccc2c(c1)CCC2)S(=O)(=O)c1ccc(-n2cnnn2)c(OC)c1. The summed E-state index contributed by atoms with van der Waals surface area (Å²) in [5, 5.41) is 11.2. The minimum Gasteiger partial charge on any atom is -0.496 e. The molecule has 1 heterocycles. The van der Waals surface area contributed by atoms with Crippen LogP contribution in [0.25, 0.3) is 5.69 Å². The van der Waals surface area contributed by atoms with Crippen molar-refractivity contribution in [1.29, 1.82) is 0 Å². The Morgan fingerprint density at radius 2 is 1.74 bits per heavy atom. The van der Waals surface area contributed by atoms with E-state index < -0.39 is 10.0 Å². The summed E-state index contributed by atoms with van der Waals surface area (Å²) in [6.45, 7) is 0.113. The van der Waals surface area contributed by atoms with Gasteiger partial charge >= 0.3 is 0 Å². The lowest BCUT2D eigenvalue weighted by Crippen LogP contribution is -2.31. The van der Waals surface area contributed by atoms with Crippen LogP contribution in [-0.4, -0.2) is 42.8 Å². The molecule has 10 heteroatoms. The van der Waals surface area contributed by atoms with Crippen molar-refractivity contribution in [1.82, 2.24) is 20.2 Å². The third-order valence-corrected chi connectivity index (χ3v) is 7.98. The summed E-state index contributed by atoms with van der Waals surface area (Å²) in [5.41, 5.74) is 4.37. The Morgan fingerprint density at radius 1 is 0.943 bits per heavy atom. The summed E-state index contributed by atoms with van der Waals surface area (Å²) in [4.78, 5) is 0.0987. The first-order valence-corrected chi connectivity index (χ1v) is 12.6. The van der Waals surface area contributed by atoms with E-state index in [1.165, 1.54) is 45.7 Å². The Hall–Kier alpha value is -3.92. The number of para-hydroxylation sites is 1. The predicted octanol–water partition coefficient (Wildman–Crippen LogP) is 3.56. The van der Waals surface area contributed by atoms with Crippen molar-refractivity contribution in [3.05, 3.63) is 83.7 Å². The van der Waals surface area contributed by atoms with Crippen molar-refractivity contribution in [3.8, 4) is 17.2 Å². The molecule has 3 aromatic carbocycles. The smallest absolute Gasteiger partial charge is 0.264 e. The summed E-state index contributed by atoms with van der Waals surface area (Å²) in [6.07, 6.45) is 4.46. The van der Waals surface area contributed by atoms with E-state index in [0.29, 0.717) is 22.9 Å². The second kappa shape index (κ2) is 9.38. The summed E-state index contributed by atoms with van der Waals surface area (Å²) < 4.78 is 42.0. The van der Waals surface area contributed by atoms with E-state index in [9.17, 15) is 8.42 Å². The Bertz CT molecular complexity index is 1450. The van der Waals surface area contributed by atoms with E-state index in [0.717, 1.165) is 24.8 Å². The quantitative estimate of drug-likeness (QED) is 0.372. The van der Waals surface area contributed by atoms with Gasteiger partial charge in [-0.15, -0.1) is 5.10 Å². The van der Waals surface area contributed by atoms with Gasteiger partial charge in [0.15, 0.2) is 0 Å². The first-order valence-electron chi connectivity index (χ1n) is 11.2. The number of aryl methyl sites for hydroxylation is 2. The fraction of sp³-hybridized carbons (Fsp3) is 0.240. The number of sulfonamides is 1. The summed E-state index contributed by atoms with van der Waals surface area (Å²) in [5.74, 6) is 0.963. The van der Waals surface area contributed by atoms with Crippen molar-refractivity contribution in [3.63, 3.8) is 0 Å². The number of aromatic nitrogens is 4. The lowest BCUT2D eigenvalue weighted by Gasteiger charge is -2.26. The molecular formula is C25H25N5O4S. The Kier molecular flexibility index (Phi) is 6.12. The van der Waals surface area contributed by atoms with Crippen molar-refractivity contribution < 1.29 is 17.9 Å². The molecule has 1 aliphatic rings. The number of methoxy groups -OCH3 is 2. The van der Waals surface area contributed by atoms with Gasteiger partial charge in [0.25, 0.3) is 10.0 Å². The lowest BCUT2D eigenvalue weighted by atomic mass is 10.1. The van der Waals surface area contributed by atoms with Gasteiger partial charge in [-0.3, -0.25) is 4.31 Å². The van der Waals surface area contributed by atoms with Crippen LogP contribution in [0.5, 0.6) is 11.5 Å². The van der Waals surface area contributed by atoms with Crippen molar-refractivity contribution >= 4 is 15.7 Å². The van der Waals surface area contributed by atoms with Crippen LogP contribution >= 0.6 is 0 Å². The monoisotopic (exact) mass is 491 g/mol. The molecule has 9 nitrogen and oxygen atoms in total. The van der Waals surface area contributed by atoms with Gasteiger partial charge in [-0.25, -0.2) is 8.42 Å². The molecule has 0 spiro atoms. The topological polar surface area (TPSA) is 99.4 Å². The number of anilines is 1. The number of nitrogens with zero attached hydrogens (tertiary/aromatic N) is 5. The minimum atomic E-state index is -3.98. The van der Waals surface area contributed by atoms with E-state index in [1.54, 1.807) is 13.2 Å². The van der Waals surface area contributed by atoms with Gasteiger partial charge in [0.2, 0.25) is 0 Å². The van der Waals surface area contributed by atoms with Crippen molar-refractivity contribution in [2.24, 2.45) is 0 Å². The fourth-order valence-electron chi connectivity index (χ4n) is 4.42. The van der Waals surface area contributed by atoms with Crippen molar-refractivity contribution in [2.45, 2.75) is 30.7 Å². The highest BCUT2D eigenvalue weighted by Crippen LogP contribution is 2.34. The molecule has 4 aromatic rings. The molecule has 0 unspecified atom stereocenters. The first-order chi connectivity index (χ1) is 17.0. The number of tetrazole rings is 1. The van der Waals surface area contributed by atoms with Gasteiger partial charge in [-0.05, 0) is 71.1 Å². The maximum Gasteiger partial charge on any atom is 0.264 e. The van der Waals surface area contributed by atoms with Gasteiger partial charge in [-0.2, -0.15) is 4.68 Å². The maximum atomic E-state index is 14.1. The first kappa shape index (κ1) is 22.9. The lowest BCUT2D eigenvalue weighted by molar-refractivity contribution is 0.409. The molecule has 0 N–H and O–H groups in total. The van der Waals surface area contributed by atoms with Gasteiger partial charge in [0.1, 0.15) is 23.5 Å². The van der Waals surface area contributed by atoms with Gasteiger partial charge in [0.05, 0.1) is 31.3 Å². The summed E-state index contributed by atoms with van der Waals surface area (Å²) in [6, 6.07) is 18.0. The average Bonchev–Trinajstić information content (AvgIpc) is 3.59. The number of benzene rings is 3. The second-order valence-electron chi connectivity index (χ2n) is 8.22. The molecule has 0 saturated carbocycles. The largest absolute Gasteiger partial charge is 0.496 e. The molecule has 0 fully saturated rings. The van der Waals surface area contributed by atoms with Crippen LogP contribution in [0.15, 0.2) is 71.9 Å². The number of hydrogen-bond donors (Lipinski definition) is 0. The molecular weight excluding hydrogens is 466 g/mol.